The molecule has 10 heteroatoms. The average Bonchev–Trinajstić information content (AvgIpc) is 2.87. The van der Waals surface area contributed by atoms with Gasteiger partial charge >= 0.3 is 5.97 Å². The zero-order valence-electron chi connectivity index (χ0n) is 19.8. The van der Waals surface area contributed by atoms with Crippen molar-refractivity contribution < 1.29 is 28.9 Å². The molecule has 9 nitrogen and oxygen atoms in total. The SMILES string of the molecule is COCCOc1cccc(CNc2ccc(Cl)cc2C(=O)Nc2ccc(CN)cc2)c1OCC(=O)O. The highest BCUT2D eigenvalue weighted by atomic mass is 35.5. The fraction of sp³-hybridized carbons (Fsp3) is 0.231. The molecule has 0 aliphatic carbocycles. The van der Waals surface area contributed by atoms with Crippen LogP contribution >= 0.6 is 11.6 Å². The van der Waals surface area contributed by atoms with Crippen LogP contribution in [0.3, 0.4) is 0 Å². The molecule has 0 fully saturated rings. The predicted octanol–water partition coefficient (Wildman–Crippen LogP) is 4.15. The molecular formula is C26H28ClN3O6. The minimum atomic E-state index is -1.11. The van der Waals surface area contributed by atoms with Crippen molar-refractivity contribution >= 4 is 34.9 Å². The summed E-state index contributed by atoms with van der Waals surface area (Å²) in [4.78, 5) is 24.1. The molecule has 0 bridgehead atoms. The van der Waals surface area contributed by atoms with E-state index in [2.05, 4.69) is 10.6 Å². The van der Waals surface area contributed by atoms with E-state index in [1.54, 1.807) is 55.6 Å². The number of methoxy groups -OCH3 is 1. The van der Waals surface area contributed by atoms with Gasteiger partial charge in [-0.25, -0.2) is 4.79 Å². The van der Waals surface area contributed by atoms with Gasteiger partial charge in [0, 0.05) is 42.2 Å². The van der Waals surface area contributed by atoms with E-state index in [-0.39, 0.29) is 19.1 Å². The number of nitrogens with one attached hydrogen (secondary N) is 2. The Morgan fingerprint density at radius 1 is 1.03 bits per heavy atom. The summed E-state index contributed by atoms with van der Waals surface area (Å²) >= 11 is 6.17. The third-order valence-electron chi connectivity index (χ3n) is 5.09. The Morgan fingerprint density at radius 3 is 2.50 bits per heavy atom. The number of carbonyl (C=O) groups excluding carboxylic acids is 1. The lowest BCUT2D eigenvalue weighted by Gasteiger charge is -2.17. The molecule has 5 N–H and O–H groups in total. The largest absolute Gasteiger partial charge is 0.487 e. The van der Waals surface area contributed by atoms with Gasteiger partial charge in [-0.05, 0) is 42.0 Å². The summed E-state index contributed by atoms with van der Waals surface area (Å²) in [6, 6.07) is 17.4. The number of ether oxygens (including phenoxy) is 3. The number of hydrogen-bond acceptors (Lipinski definition) is 7. The number of anilines is 2. The molecule has 0 saturated carbocycles. The standard InChI is InChI=1S/C26H28ClN3O6/c1-34-11-12-35-23-4-2-3-18(25(23)36-16-24(31)32)15-29-22-10-7-19(27)13-21(22)26(33)30-20-8-5-17(14-28)6-9-20/h2-10,13,29H,11-12,14-16,28H2,1H3,(H,30,33)(H,31,32). The number of carboxylic acid groups (broad SMARTS) is 1. The second kappa shape index (κ2) is 13.3. The second-order valence-corrected chi connectivity index (χ2v) is 8.10. The summed E-state index contributed by atoms with van der Waals surface area (Å²) in [5.74, 6) is -0.776. The topological polar surface area (TPSA) is 132 Å². The number of halogens is 1. The van der Waals surface area contributed by atoms with E-state index in [0.717, 1.165) is 5.56 Å². The number of rotatable bonds is 13. The van der Waals surface area contributed by atoms with Crippen LogP contribution in [0.15, 0.2) is 60.7 Å². The third kappa shape index (κ3) is 7.61. The van der Waals surface area contributed by atoms with Gasteiger partial charge in [0.2, 0.25) is 0 Å². The minimum absolute atomic E-state index is 0.226. The summed E-state index contributed by atoms with van der Waals surface area (Å²) < 4.78 is 16.2. The van der Waals surface area contributed by atoms with Gasteiger partial charge < -0.3 is 35.7 Å². The number of carboxylic acids is 1. The lowest BCUT2D eigenvalue weighted by atomic mass is 10.1. The molecule has 190 valence electrons. The molecule has 0 unspecified atom stereocenters. The molecule has 0 aromatic heterocycles. The highest BCUT2D eigenvalue weighted by molar-refractivity contribution is 6.31. The van der Waals surface area contributed by atoms with E-state index >= 15 is 0 Å². The lowest BCUT2D eigenvalue weighted by molar-refractivity contribution is -0.139. The molecule has 3 aromatic rings. The number of nitrogens with two attached hydrogens (primary N) is 1. The Balaban J connectivity index is 1.81. The molecule has 3 rings (SSSR count). The maximum atomic E-state index is 13.0. The number of aliphatic carboxylic acids is 1. The van der Waals surface area contributed by atoms with Crippen molar-refractivity contribution in [3.63, 3.8) is 0 Å². The Labute approximate surface area is 214 Å². The highest BCUT2D eigenvalue weighted by Gasteiger charge is 2.16. The van der Waals surface area contributed by atoms with Gasteiger partial charge in [-0.15, -0.1) is 0 Å². The molecule has 0 aliphatic heterocycles. The first-order chi connectivity index (χ1) is 17.4. The number of hydrogen-bond donors (Lipinski definition) is 4. The minimum Gasteiger partial charge on any atom is -0.487 e. The summed E-state index contributed by atoms with van der Waals surface area (Å²) in [5, 5.41) is 15.6. The lowest BCUT2D eigenvalue weighted by Crippen LogP contribution is -2.16. The number of para-hydroxylation sites is 1. The molecule has 36 heavy (non-hydrogen) atoms. The number of carbonyl (C=O) groups is 2. The Kier molecular flexibility index (Phi) is 9.93. The average molecular weight is 514 g/mol. The van der Waals surface area contributed by atoms with Crippen molar-refractivity contribution in [1.82, 2.24) is 0 Å². The maximum Gasteiger partial charge on any atom is 0.341 e. The molecule has 0 saturated heterocycles. The van der Waals surface area contributed by atoms with Crippen LogP contribution in [-0.4, -0.2) is 43.9 Å². The first-order valence-corrected chi connectivity index (χ1v) is 11.5. The molecule has 3 aromatic carbocycles. The smallest absolute Gasteiger partial charge is 0.341 e. The molecule has 0 radical (unpaired) electrons. The molecule has 1 amide bonds. The van der Waals surface area contributed by atoms with Crippen molar-refractivity contribution in [2.24, 2.45) is 5.73 Å². The Bertz CT molecular complexity index is 1190. The summed E-state index contributed by atoms with van der Waals surface area (Å²) in [7, 11) is 1.56. The Morgan fingerprint density at radius 2 is 1.81 bits per heavy atom. The van der Waals surface area contributed by atoms with Gasteiger partial charge in [0.05, 0.1) is 12.2 Å². The van der Waals surface area contributed by atoms with E-state index in [1.165, 1.54) is 0 Å². The highest BCUT2D eigenvalue weighted by Crippen LogP contribution is 2.32. The molecular weight excluding hydrogens is 486 g/mol. The van der Waals surface area contributed by atoms with Crippen LogP contribution in [0, 0.1) is 0 Å². The first kappa shape index (κ1) is 26.8. The quantitative estimate of drug-likeness (QED) is 0.251. The first-order valence-electron chi connectivity index (χ1n) is 11.1. The summed E-state index contributed by atoms with van der Waals surface area (Å²) in [6.07, 6.45) is 0. The van der Waals surface area contributed by atoms with Crippen LogP contribution in [0.1, 0.15) is 21.5 Å². The zero-order valence-corrected chi connectivity index (χ0v) is 20.5. The van der Waals surface area contributed by atoms with Gasteiger partial charge in [-0.1, -0.05) is 35.9 Å². The maximum absolute atomic E-state index is 13.0. The van der Waals surface area contributed by atoms with Crippen molar-refractivity contribution in [2.45, 2.75) is 13.1 Å². The Hall–Kier alpha value is -3.79. The van der Waals surface area contributed by atoms with Gasteiger partial charge in [0.1, 0.15) is 6.61 Å². The zero-order chi connectivity index (χ0) is 25.9. The van der Waals surface area contributed by atoms with Crippen molar-refractivity contribution in [2.75, 3.05) is 37.6 Å². The summed E-state index contributed by atoms with van der Waals surface area (Å²) in [6.45, 7) is 0.732. The van der Waals surface area contributed by atoms with Crippen LogP contribution in [0.25, 0.3) is 0 Å². The van der Waals surface area contributed by atoms with Gasteiger partial charge in [-0.2, -0.15) is 0 Å². The van der Waals surface area contributed by atoms with Gasteiger partial charge in [-0.3, -0.25) is 4.79 Å². The predicted molar refractivity (Wildman–Crippen MR) is 138 cm³/mol. The van der Waals surface area contributed by atoms with Gasteiger partial charge in [0.25, 0.3) is 5.91 Å². The van der Waals surface area contributed by atoms with Crippen LogP contribution in [0.5, 0.6) is 11.5 Å². The van der Waals surface area contributed by atoms with E-state index in [4.69, 9.17) is 36.7 Å². The van der Waals surface area contributed by atoms with Crippen LogP contribution in [-0.2, 0) is 22.6 Å². The monoisotopic (exact) mass is 513 g/mol. The van der Waals surface area contributed by atoms with Crippen LogP contribution in [0.4, 0.5) is 11.4 Å². The van der Waals surface area contributed by atoms with E-state index in [9.17, 15) is 9.59 Å². The van der Waals surface area contributed by atoms with E-state index in [0.29, 0.717) is 52.2 Å². The number of amides is 1. The summed E-state index contributed by atoms with van der Waals surface area (Å²) in [5.41, 5.74) is 8.72. The van der Waals surface area contributed by atoms with Crippen molar-refractivity contribution in [1.29, 1.82) is 0 Å². The molecule has 0 aliphatic rings. The van der Waals surface area contributed by atoms with Gasteiger partial charge in [0.15, 0.2) is 18.1 Å². The normalized spacial score (nSPS) is 10.5. The third-order valence-corrected chi connectivity index (χ3v) is 5.32. The van der Waals surface area contributed by atoms with Crippen LogP contribution in [0.2, 0.25) is 5.02 Å². The van der Waals surface area contributed by atoms with E-state index in [1.807, 2.05) is 12.1 Å². The second-order valence-electron chi connectivity index (χ2n) is 7.67. The van der Waals surface area contributed by atoms with Crippen LogP contribution < -0.4 is 25.8 Å². The molecule has 0 heterocycles. The molecule has 0 atom stereocenters. The van der Waals surface area contributed by atoms with E-state index < -0.39 is 12.6 Å². The number of benzene rings is 3. The fourth-order valence-electron chi connectivity index (χ4n) is 3.32. The molecule has 0 spiro atoms. The fourth-order valence-corrected chi connectivity index (χ4v) is 3.49. The van der Waals surface area contributed by atoms with Crippen molar-refractivity contribution in [3.05, 3.63) is 82.4 Å². The van der Waals surface area contributed by atoms with Crippen molar-refractivity contribution in [3.8, 4) is 11.5 Å².